The van der Waals surface area contributed by atoms with Crippen LogP contribution in [0.1, 0.15) is 18.3 Å². The van der Waals surface area contributed by atoms with Crippen LogP contribution in [-0.2, 0) is 6.42 Å². The molecule has 0 saturated heterocycles. The summed E-state index contributed by atoms with van der Waals surface area (Å²) >= 11 is 5.98. The maximum Gasteiger partial charge on any atom is 0.272 e. The van der Waals surface area contributed by atoms with Gasteiger partial charge in [-0.1, -0.05) is 23.7 Å². The van der Waals surface area contributed by atoms with Gasteiger partial charge in [-0.2, -0.15) is 4.98 Å². The summed E-state index contributed by atoms with van der Waals surface area (Å²) in [5.41, 5.74) is -0.0636. The van der Waals surface area contributed by atoms with Crippen molar-refractivity contribution in [1.29, 1.82) is 0 Å². The summed E-state index contributed by atoms with van der Waals surface area (Å²) in [6.07, 6.45) is 2.10. The van der Waals surface area contributed by atoms with Gasteiger partial charge in [0.1, 0.15) is 10.7 Å². The van der Waals surface area contributed by atoms with E-state index in [4.69, 9.17) is 16.1 Å². The van der Waals surface area contributed by atoms with E-state index in [-0.39, 0.29) is 22.3 Å². The molecule has 6 nitrogen and oxygen atoms in total. The van der Waals surface area contributed by atoms with Crippen molar-refractivity contribution < 1.29 is 8.91 Å². The van der Waals surface area contributed by atoms with E-state index in [1.54, 1.807) is 6.92 Å². The van der Waals surface area contributed by atoms with Crippen molar-refractivity contribution in [2.24, 2.45) is 0 Å². The van der Waals surface area contributed by atoms with Gasteiger partial charge in [-0.05, 0) is 25.0 Å². The largest absolute Gasteiger partial charge is 0.334 e. The first-order valence-electron chi connectivity index (χ1n) is 6.22. The van der Waals surface area contributed by atoms with Crippen molar-refractivity contribution in [3.05, 3.63) is 45.0 Å². The second-order valence-electron chi connectivity index (χ2n) is 4.47. The lowest BCUT2D eigenvalue weighted by Gasteiger charge is -2.07. The molecule has 21 heavy (non-hydrogen) atoms. The smallest absolute Gasteiger partial charge is 0.272 e. The van der Waals surface area contributed by atoms with E-state index in [1.165, 1.54) is 12.3 Å². The van der Waals surface area contributed by atoms with Gasteiger partial charge in [0.25, 0.3) is 11.4 Å². The Morgan fingerprint density at radius 2 is 2.19 bits per heavy atom. The highest BCUT2D eigenvalue weighted by atomic mass is 35.5. The Balaban J connectivity index is 2.40. The fourth-order valence-electron chi connectivity index (χ4n) is 2.00. The molecule has 0 atom stereocenters. The predicted molar refractivity (Wildman–Crippen MR) is 73.8 cm³/mol. The van der Waals surface area contributed by atoms with Crippen LogP contribution in [0.3, 0.4) is 0 Å². The zero-order chi connectivity index (χ0) is 15.1. The molecule has 0 saturated carbocycles. The van der Waals surface area contributed by atoms with Crippen LogP contribution in [0.5, 0.6) is 0 Å². The number of hydrogen-bond donors (Lipinski definition) is 0. The number of nitrogens with zero attached hydrogens (tertiary/aromatic N) is 4. The minimum absolute atomic E-state index is 0.0355. The second kappa shape index (κ2) is 4.92. The summed E-state index contributed by atoms with van der Waals surface area (Å²) in [4.78, 5) is 20.4. The number of pyridine rings is 1. The third kappa shape index (κ3) is 2.19. The molecule has 0 bridgehead atoms. The molecule has 0 aromatic carbocycles. The average Bonchev–Trinajstić information content (AvgIpc) is 2.86. The van der Waals surface area contributed by atoms with Crippen LogP contribution >= 0.6 is 11.6 Å². The Labute approximate surface area is 123 Å². The summed E-state index contributed by atoms with van der Waals surface area (Å²) in [6.45, 7) is 3.47. The van der Waals surface area contributed by atoms with Gasteiger partial charge in [0, 0.05) is 6.20 Å². The zero-order valence-corrected chi connectivity index (χ0v) is 12.0. The maximum absolute atomic E-state index is 14.0. The summed E-state index contributed by atoms with van der Waals surface area (Å²) in [5, 5.41) is 3.44. The molecule has 0 fully saturated rings. The first kappa shape index (κ1) is 13.7. The summed E-state index contributed by atoms with van der Waals surface area (Å²) in [6, 6.07) is 1.33. The lowest BCUT2D eigenvalue weighted by molar-refractivity contribution is 0.425. The minimum atomic E-state index is -0.610. The second-order valence-corrected chi connectivity index (χ2v) is 4.83. The highest BCUT2D eigenvalue weighted by molar-refractivity contribution is 6.32. The fraction of sp³-hybridized carbons (Fsp3) is 0.231. The van der Waals surface area contributed by atoms with Crippen LogP contribution in [0.2, 0.25) is 5.15 Å². The van der Waals surface area contributed by atoms with Gasteiger partial charge in [0.05, 0.1) is 0 Å². The molecule has 0 spiro atoms. The van der Waals surface area contributed by atoms with Gasteiger partial charge >= 0.3 is 0 Å². The monoisotopic (exact) mass is 308 g/mol. The molecule has 3 rings (SSSR count). The van der Waals surface area contributed by atoms with Gasteiger partial charge in [-0.25, -0.2) is 9.37 Å². The van der Waals surface area contributed by atoms with Crippen LogP contribution in [-0.4, -0.2) is 19.5 Å². The third-order valence-electron chi connectivity index (χ3n) is 3.04. The van der Waals surface area contributed by atoms with Gasteiger partial charge in [0.2, 0.25) is 0 Å². The Hall–Kier alpha value is -2.28. The molecular weight excluding hydrogens is 299 g/mol. The van der Waals surface area contributed by atoms with E-state index < -0.39 is 11.4 Å². The van der Waals surface area contributed by atoms with E-state index in [0.29, 0.717) is 17.8 Å². The van der Waals surface area contributed by atoms with Gasteiger partial charge < -0.3 is 4.52 Å². The fourth-order valence-corrected chi connectivity index (χ4v) is 2.24. The molecule has 3 aromatic rings. The van der Waals surface area contributed by atoms with Crippen molar-refractivity contribution in [2.45, 2.75) is 20.3 Å². The van der Waals surface area contributed by atoms with Crippen molar-refractivity contribution in [3.63, 3.8) is 0 Å². The molecule has 0 amide bonds. The molecule has 108 valence electrons. The van der Waals surface area contributed by atoms with Crippen molar-refractivity contribution in [1.82, 2.24) is 19.5 Å². The van der Waals surface area contributed by atoms with E-state index in [1.807, 2.05) is 6.92 Å². The minimum Gasteiger partial charge on any atom is -0.334 e. The molecule has 0 aliphatic rings. The van der Waals surface area contributed by atoms with E-state index in [0.717, 1.165) is 4.40 Å². The van der Waals surface area contributed by atoms with Crippen LogP contribution in [0.25, 0.3) is 17.1 Å². The Kier molecular flexibility index (Phi) is 3.21. The standard InChI is InChI=1S/C13H10ClFN4O2/c1-3-7-4-8(15)11-17-10(14)9(13(20)19(11)5-7)12-16-6(2)18-21-12/h4-5H,3H2,1-2H3. The van der Waals surface area contributed by atoms with Gasteiger partial charge in [-0.15, -0.1) is 0 Å². The molecular formula is C13H10ClFN4O2. The average molecular weight is 309 g/mol. The first-order valence-corrected chi connectivity index (χ1v) is 6.60. The third-order valence-corrected chi connectivity index (χ3v) is 3.32. The normalized spacial score (nSPS) is 11.2. The SMILES string of the molecule is CCc1cc(F)c2nc(Cl)c(-c3nc(C)no3)c(=O)n2c1. The molecule has 0 aliphatic carbocycles. The highest BCUT2D eigenvalue weighted by Gasteiger charge is 2.20. The van der Waals surface area contributed by atoms with E-state index in [2.05, 4.69) is 15.1 Å². The van der Waals surface area contributed by atoms with Crippen molar-refractivity contribution in [2.75, 3.05) is 0 Å². The lowest BCUT2D eigenvalue weighted by Crippen LogP contribution is -2.19. The number of aromatic nitrogens is 4. The molecule has 0 radical (unpaired) electrons. The van der Waals surface area contributed by atoms with Crippen LogP contribution in [0, 0.1) is 12.7 Å². The predicted octanol–water partition coefficient (Wildman–Crippen LogP) is 2.41. The number of rotatable bonds is 2. The van der Waals surface area contributed by atoms with E-state index in [9.17, 15) is 9.18 Å². The van der Waals surface area contributed by atoms with Crippen LogP contribution in [0.4, 0.5) is 4.39 Å². The summed E-state index contributed by atoms with van der Waals surface area (Å²) < 4.78 is 20.1. The van der Waals surface area contributed by atoms with Gasteiger partial charge in [-0.3, -0.25) is 9.20 Å². The summed E-state index contributed by atoms with van der Waals surface area (Å²) in [5.74, 6) is -0.285. The Morgan fingerprint density at radius 1 is 1.43 bits per heavy atom. The molecule has 3 aromatic heterocycles. The number of fused-ring (bicyclic) bond motifs is 1. The number of halogens is 2. The molecule has 8 heteroatoms. The van der Waals surface area contributed by atoms with Crippen molar-refractivity contribution in [3.8, 4) is 11.5 Å². The zero-order valence-electron chi connectivity index (χ0n) is 11.2. The Bertz CT molecular complexity index is 903. The Morgan fingerprint density at radius 3 is 2.81 bits per heavy atom. The molecule has 0 unspecified atom stereocenters. The van der Waals surface area contributed by atoms with Crippen LogP contribution in [0.15, 0.2) is 21.6 Å². The number of hydrogen-bond acceptors (Lipinski definition) is 5. The molecule has 3 heterocycles. The first-order chi connectivity index (χ1) is 10.0. The summed E-state index contributed by atoms with van der Waals surface area (Å²) in [7, 11) is 0. The maximum atomic E-state index is 14.0. The topological polar surface area (TPSA) is 73.3 Å². The van der Waals surface area contributed by atoms with Crippen LogP contribution < -0.4 is 5.56 Å². The number of aryl methyl sites for hydroxylation is 2. The quantitative estimate of drug-likeness (QED) is 0.680. The molecule has 0 N–H and O–H groups in total. The van der Waals surface area contributed by atoms with Gasteiger partial charge in [0.15, 0.2) is 17.3 Å². The lowest BCUT2D eigenvalue weighted by atomic mass is 10.2. The van der Waals surface area contributed by atoms with E-state index >= 15 is 0 Å². The highest BCUT2D eigenvalue weighted by Crippen LogP contribution is 2.22. The van der Waals surface area contributed by atoms with Crippen molar-refractivity contribution >= 4 is 17.2 Å². The molecule has 0 aliphatic heterocycles.